The van der Waals surface area contributed by atoms with Crippen LogP contribution in [0.5, 0.6) is 0 Å². The Hall–Kier alpha value is -2.44. The van der Waals surface area contributed by atoms with Crippen molar-refractivity contribution in [3.63, 3.8) is 0 Å². The molecule has 0 bridgehead atoms. The van der Waals surface area contributed by atoms with Gasteiger partial charge in [-0.25, -0.2) is 22.5 Å². The third-order valence-electron chi connectivity index (χ3n) is 5.41. The van der Waals surface area contributed by atoms with E-state index in [2.05, 4.69) is 15.0 Å². The van der Waals surface area contributed by atoms with Gasteiger partial charge in [0.25, 0.3) is 17.6 Å². The standard InChI is InChI=1S/C25H29FN4O5S.Na/c1-25(2,3)24-29-20(22(32)27-16-17-10-12-18(26)13-11-17)21(31)23(33)30(24)15-7-14-28-36(34,35)19-8-5-4-6-9-19;/h4-6,8-13,20,28H,7,14-16H2,1-3H3,(H,27,32);. The molecule has 9 nitrogen and oxygen atoms in total. The number of sulfonamides is 1. The van der Waals surface area contributed by atoms with Crippen molar-refractivity contribution < 1.29 is 27.2 Å². The molecule has 1 radical (unpaired) electrons. The molecule has 12 heteroatoms. The SMILES string of the molecule is CC(C)(C)C1=NC(C(=O)NCc2ccc(F)cc2)C(=O)C(=O)N1CCCNS(=O)(=O)c1ccccc1.[Na]. The van der Waals surface area contributed by atoms with Crippen molar-refractivity contribution in [2.75, 3.05) is 13.1 Å². The van der Waals surface area contributed by atoms with Crippen molar-refractivity contribution in [3.8, 4) is 0 Å². The van der Waals surface area contributed by atoms with E-state index in [1.165, 1.54) is 41.3 Å². The molecule has 193 valence electrons. The van der Waals surface area contributed by atoms with E-state index in [0.717, 1.165) is 0 Å². The van der Waals surface area contributed by atoms with E-state index in [4.69, 9.17) is 0 Å². The van der Waals surface area contributed by atoms with Gasteiger partial charge in [-0.15, -0.1) is 0 Å². The second kappa shape index (κ2) is 12.9. The summed E-state index contributed by atoms with van der Waals surface area (Å²) in [5, 5.41) is 2.57. The van der Waals surface area contributed by atoms with Gasteiger partial charge in [0, 0.05) is 54.6 Å². The molecule has 1 heterocycles. The number of hydrogen-bond donors (Lipinski definition) is 2. The molecular formula is C25H29FN4NaO5S. The molecule has 0 saturated carbocycles. The minimum absolute atomic E-state index is 0. The topological polar surface area (TPSA) is 125 Å². The quantitative estimate of drug-likeness (QED) is 0.217. The van der Waals surface area contributed by atoms with Crippen LogP contribution < -0.4 is 10.0 Å². The fourth-order valence-corrected chi connectivity index (χ4v) is 4.69. The fourth-order valence-electron chi connectivity index (χ4n) is 3.60. The molecule has 0 aromatic heterocycles. The molecule has 0 aliphatic carbocycles. The van der Waals surface area contributed by atoms with Crippen LogP contribution in [0.15, 0.2) is 64.5 Å². The fraction of sp³-hybridized carbons (Fsp3) is 0.360. The van der Waals surface area contributed by atoms with Gasteiger partial charge in [0.05, 0.1) is 4.90 Å². The van der Waals surface area contributed by atoms with Crippen LogP contribution in [0.25, 0.3) is 0 Å². The smallest absolute Gasteiger partial charge is 0.298 e. The number of carbonyl (C=O) groups is 3. The number of halogens is 1. The van der Waals surface area contributed by atoms with E-state index in [-0.39, 0.29) is 66.3 Å². The van der Waals surface area contributed by atoms with Gasteiger partial charge in [-0.2, -0.15) is 0 Å². The molecule has 2 aromatic carbocycles. The van der Waals surface area contributed by atoms with Crippen molar-refractivity contribution in [1.29, 1.82) is 0 Å². The van der Waals surface area contributed by atoms with E-state index in [1.807, 2.05) is 0 Å². The summed E-state index contributed by atoms with van der Waals surface area (Å²) in [4.78, 5) is 44.1. The average molecular weight is 540 g/mol. The predicted octanol–water partition coefficient (Wildman–Crippen LogP) is 1.65. The van der Waals surface area contributed by atoms with Gasteiger partial charge < -0.3 is 5.32 Å². The van der Waals surface area contributed by atoms with Crippen LogP contribution in [0.3, 0.4) is 0 Å². The minimum atomic E-state index is -3.71. The van der Waals surface area contributed by atoms with E-state index in [9.17, 15) is 27.2 Å². The van der Waals surface area contributed by atoms with Gasteiger partial charge in [-0.1, -0.05) is 51.1 Å². The summed E-state index contributed by atoms with van der Waals surface area (Å²) in [6.07, 6.45) is 0.224. The molecule has 37 heavy (non-hydrogen) atoms. The molecule has 2 aromatic rings. The number of aliphatic imine (C=N–C) groups is 1. The summed E-state index contributed by atoms with van der Waals surface area (Å²) >= 11 is 0. The first kappa shape index (κ1) is 30.8. The van der Waals surface area contributed by atoms with Gasteiger partial charge in [-0.05, 0) is 36.2 Å². The van der Waals surface area contributed by atoms with Crippen LogP contribution in [-0.4, -0.2) is 85.4 Å². The van der Waals surface area contributed by atoms with Crippen molar-refractivity contribution in [2.45, 2.75) is 44.7 Å². The van der Waals surface area contributed by atoms with Gasteiger partial charge >= 0.3 is 0 Å². The zero-order valence-electron chi connectivity index (χ0n) is 21.3. The molecule has 0 fully saturated rings. The Balaban J connectivity index is 0.00000481. The molecule has 2 N–H and O–H groups in total. The second-order valence-corrected chi connectivity index (χ2v) is 11.1. The first-order valence-corrected chi connectivity index (χ1v) is 12.9. The summed E-state index contributed by atoms with van der Waals surface area (Å²) in [5.41, 5.74) is -0.0472. The Morgan fingerprint density at radius 3 is 2.27 bits per heavy atom. The summed E-state index contributed by atoms with van der Waals surface area (Å²) in [6.45, 7) is 5.52. The number of Topliss-reactive ketones (excluding diaryl/α,β-unsaturated/α-hetero) is 1. The third-order valence-corrected chi connectivity index (χ3v) is 6.89. The van der Waals surface area contributed by atoms with Crippen LogP contribution in [0.2, 0.25) is 0 Å². The number of carbonyl (C=O) groups excluding carboxylic acids is 3. The Morgan fingerprint density at radius 2 is 1.68 bits per heavy atom. The maximum atomic E-state index is 13.1. The number of benzene rings is 2. The molecule has 1 aliphatic heterocycles. The van der Waals surface area contributed by atoms with Crippen LogP contribution in [0.4, 0.5) is 4.39 Å². The van der Waals surface area contributed by atoms with Crippen molar-refractivity contribution in [1.82, 2.24) is 14.9 Å². The number of amidine groups is 1. The summed E-state index contributed by atoms with van der Waals surface area (Å²) in [7, 11) is -3.71. The zero-order chi connectivity index (χ0) is 26.5. The monoisotopic (exact) mass is 539 g/mol. The van der Waals surface area contributed by atoms with Crippen molar-refractivity contribution in [3.05, 3.63) is 66.0 Å². The number of nitrogens with zero attached hydrogens (tertiary/aromatic N) is 2. The van der Waals surface area contributed by atoms with Crippen molar-refractivity contribution >= 4 is 63.0 Å². The average Bonchev–Trinajstić information content (AvgIpc) is 2.83. The van der Waals surface area contributed by atoms with E-state index in [1.54, 1.807) is 39.0 Å². The molecular weight excluding hydrogens is 510 g/mol. The molecule has 1 unspecified atom stereocenters. The molecule has 0 saturated heterocycles. The van der Waals surface area contributed by atoms with Crippen molar-refractivity contribution in [2.24, 2.45) is 10.4 Å². The largest absolute Gasteiger partial charge is 0.350 e. The Kier molecular flexibility index (Phi) is 10.7. The number of ketones is 1. The van der Waals surface area contributed by atoms with Gasteiger partial charge in [-0.3, -0.25) is 19.3 Å². The van der Waals surface area contributed by atoms with E-state index in [0.29, 0.717) is 5.56 Å². The summed E-state index contributed by atoms with van der Waals surface area (Å²) in [5.74, 6) is -2.72. The zero-order valence-corrected chi connectivity index (χ0v) is 24.1. The number of amides is 2. The normalized spacial score (nSPS) is 16.2. The van der Waals surface area contributed by atoms with Gasteiger partial charge in [0.1, 0.15) is 11.7 Å². The Morgan fingerprint density at radius 1 is 1.05 bits per heavy atom. The first-order valence-electron chi connectivity index (χ1n) is 11.4. The van der Waals surface area contributed by atoms with Crippen LogP contribution >= 0.6 is 0 Å². The second-order valence-electron chi connectivity index (χ2n) is 9.33. The third kappa shape index (κ3) is 8.02. The van der Waals surface area contributed by atoms with Gasteiger partial charge in [0.15, 0.2) is 6.04 Å². The number of rotatable bonds is 9. The Bertz CT molecular complexity index is 1260. The molecule has 1 aliphatic rings. The number of nitrogens with one attached hydrogen (secondary N) is 2. The number of hydrogen-bond acceptors (Lipinski definition) is 6. The van der Waals surface area contributed by atoms with E-state index < -0.39 is 44.9 Å². The summed E-state index contributed by atoms with van der Waals surface area (Å²) in [6, 6.07) is 11.9. The Labute approximate surface area is 238 Å². The van der Waals surface area contributed by atoms with Crippen LogP contribution in [-0.2, 0) is 31.0 Å². The van der Waals surface area contributed by atoms with Crippen LogP contribution in [0, 0.1) is 11.2 Å². The molecule has 3 rings (SSSR count). The van der Waals surface area contributed by atoms with Gasteiger partial charge in [0.2, 0.25) is 10.0 Å². The van der Waals surface area contributed by atoms with Crippen LogP contribution in [0.1, 0.15) is 32.8 Å². The maximum Gasteiger partial charge on any atom is 0.298 e. The maximum absolute atomic E-state index is 13.1. The molecule has 0 spiro atoms. The molecule has 1 atom stereocenters. The summed E-state index contributed by atoms with van der Waals surface area (Å²) < 4.78 is 40.3. The first-order chi connectivity index (χ1) is 16.9. The molecule has 2 amide bonds. The predicted molar refractivity (Wildman–Crippen MR) is 138 cm³/mol. The van der Waals surface area contributed by atoms with E-state index >= 15 is 0 Å². The minimum Gasteiger partial charge on any atom is -0.350 e.